The van der Waals surface area contributed by atoms with Crippen LogP contribution in [0.3, 0.4) is 0 Å². The first kappa shape index (κ1) is 13.6. The van der Waals surface area contributed by atoms with Gasteiger partial charge in [0.1, 0.15) is 5.75 Å². The summed E-state index contributed by atoms with van der Waals surface area (Å²) in [6.07, 6.45) is -0.614. The molecule has 0 aliphatic carbocycles. The van der Waals surface area contributed by atoms with E-state index in [1.165, 1.54) is 0 Å². The van der Waals surface area contributed by atoms with Gasteiger partial charge in [0.25, 0.3) is 0 Å². The molecule has 1 aromatic heterocycles. The van der Waals surface area contributed by atoms with Crippen molar-refractivity contribution in [3.8, 4) is 5.75 Å². The maximum absolute atomic E-state index is 9.94. The zero-order valence-electron chi connectivity index (χ0n) is 11.9. The molecule has 0 saturated heterocycles. The van der Waals surface area contributed by atoms with Crippen LogP contribution < -0.4 is 4.74 Å². The van der Waals surface area contributed by atoms with Gasteiger partial charge in [0, 0.05) is 17.9 Å². The van der Waals surface area contributed by atoms with Crippen molar-refractivity contribution < 1.29 is 14.4 Å². The van der Waals surface area contributed by atoms with Crippen LogP contribution in [-0.2, 0) is 6.61 Å². The maximum Gasteiger partial charge on any atom is 0.223 e. The molecule has 0 radical (unpaired) electrons. The molecule has 2 aromatic carbocycles. The lowest BCUT2D eigenvalue weighted by Crippen LogP contribution is -2.03. The van der Waals surface area contributed by atoms with Gasteiger partial charge in [-0.1, -0.05) is 41.6 Å². The number of fused-ring (bicyclic) bond motifs is 1. The Morgan fingerprint density at radius 1 is 1.24 bits per heavy atom. The second-order valence-corrected chi connectivity index (χ2v) is 4.90. The van der Waals surface area contributed by atoms with Gasteiger partial charge < -0.3 is 14.4 Å². The van der Waals surface area contributed by atoms with Crippen molar-refractivity contribution in [3.63, 3.8) is 0 Å². The highest BCUT2D eigenvalue weighted by Gasteiger charge is 2.14. The molecule has 0 aliphatic heterocycles. The Bertz CT molecular complexity index is 765. The van der Waals surface area contributed by atoms with Gasteiger partial charge in [-0.3, -0.25) is 0 Å². The van der Waals surface area contributed by atoms with Crippen molar-refractivity contribution in [1.29, 1.82) is 0 Å². The summed E-state index contributed by atoms with van der Waals surface area (Å²) in [6.45, 7) is 3.65. The molecule has 0 spiro atoms. The van der Waals surface area contributed by atoms with Crippen LogP contribution in [-0.4, -0.2) is 15.2 Å². The first-order chi connectivity index (χ1) is 10.1. The van der Waals surface area contributed by atoms with Crippen LogP contribution in [0.25, 0.3) is 10.8 Å². The molecule has 0 amide bonds. The zero-order valence-corrected chi connectivity index (χ0v) is 11.9. The van der Waals surface area contributed by atoms with E-state index in [2.05, 4.69) is 10.1 Å². The molecule has 21 heavy (non-hydrogen) atoms. The standard InChI is InChI=1S/C16H16N2O3/c1-10(19)13-8-7-12-5-3-4-6-14(12)16(13)20-9-15-17-11(2)21-18-15/h3-8,10,19H,9H2,1-2H3. The monoisotopic (exact) mass is 284 g/mol. The Hall–Kier alpha value is -2.40. The number of aryl methyl sites for hydroxylation is 1. The average Bonchev–Trinajstić information content (AvgIpc) is 2.90. The van der Waals surface area contributed by atoms with Crippen molar-refractivity contribution in [3.05, 3.63) is 53.7 Å². The van der Waals surface area contributed by atoms with Crippen molar-refractivity contribution in [2.45, 2.75) is 26.6 Å². The topological polar surface area (TPSA) is 68.4 Å². The number of ether oxygens (including phenoxy) is 1. The van der Waals surface area contributed by atoms with Gasteiger partial charge in [0.05, 0.1) is 6.10 Å². The van der Waals surface area contributed by atoms with Crippen LogP contribution in [0.4, 0.5) is 0 Å². The maximum atomic E-state index is 9.94. The van der Waals surface area contributed by atoms with E-state index in [-0.39, 0.29) is 6.61 Å². The highest BCUT2D eigenvalue weighted by molar-refractivity contribution is 5.89. The molecule has 3 rings (SSSR count). The molecule has 0 aliphatic rings. The van der Waals surface area contributed by atoms with E-state index < -0.39 is 6.10 Å². The molecule has 1 unspecified atom stereocenters. The zero-order chi connectivity index (χ0) is 14.8. The van der Waals surface area contributed by atoms with Gasteiger partial charge in [-0.05, 0) is 12.3 Å². The van der Waals surface area contributed by atoms with Crippen LogP contribution in [0, 0.1) is 6.92 Å². The van der Waals surface area contributed by atoms with E-state index in [9.17, 15) is 5.11 Å². The fourth-order valence-electron chi connectivity index (χ4n) is 2.29. The van der Waals surface area contributed by atoms with Gasteiger partial charge in [-0.15, -0.1) is 0 Å². The SMILES string of the molecule is Cc1nc(COc2c(C(C)O)ccc3ccccc23)no1. The predicted octanol–water partition coefficient (Wildman–Crippen LogP) is 3.16. The Balaban J connectivity index is 1.99. The summed E-state index contributed by atoms with van der Waals surface area (Å²) in [4.78, 5) is 4.12. The molecule has 1 N–H and O–H groups in total. The fraction of sp³-hybridized carbons (Fsp3) is 0.250. The Kier molecular flexibility index (Phi) is 3.58. The van der Waals surface area contributed by atoms with Crippen molar-refractivity contribution in [2.75, 3.05) is 0 Å². The molecule has 0 bridgehead atoms. The number of hydrogen-bond donors (Lipinski definition) is 1. The normalized spacial score (nSPS) is 12.5. The Morgan fingerprint density at radius 2 is 2.05 bits per heavy atom. The van der Waals surface area contributed by atoms with Crippen molar-refractivity contribution in [2.24, 2.45) is 0 Å². The first-order valence-corrected chi connectivity index (χ1v) is 6.77. The molecule has 108 valence electrons. The van der Waals surface area contributed by atoms with E-state index in [0.29, 0.717) is 17.5 Å². The Labute approximate surface area is 122 Å². The summed E-state index contributed by atoms with van der Waals surface area (Å²) in [5.74, 6) is 1.64. The van der Waals surface area contributed by atoms with E-state index in [4.69, 9.17) is 9.26 Å². The highest BCUT2D eigenvalue weighted by Crippen LogP contribution is 2.34. The van der Waals surface area contributed by atoms with E-state index >= 15 is 0 Å². The molecule has 5 nitrogen and oxygen atoms in total. The number of aliphatic hydroxyl groups is 1. The largest absolute Gasteiger partial charge is 0.484 e. The summed E-state index contributed by atoms with van der Waals surface area (Å²) in [6, 6.07) is 11.7. The molecular weight excluding hydrogens is 268 g/mol. The van der Waals surface area contributed by atoms with E-state index in [0.717, 1.165) is 16.3 Å². The molecule has 0 saturated carbocycles. The minimum Gasteiger partial charge on any atom is -0.484 e. The number of benzene rings is 2. The molecule has 1 atom stereocenters. The van der Waals surface area contributed by atoms with Gasteiger partial charge in [-0.2, -0.15) is 4.98 Å². The van der Waals surface area contributed by atoms with Crippen molar-refractivity contribution >= 4 is 10.8 Å². The predicted molar refractivity (Wildman–Crippen MR) is 77.9 cm³/mol. The minimum absolute atomic E-state index is 0.199. The quantitative estimate of drug-likeness (QED) is 0.797. The lowest BCUT2D eigenvalue weighted by Gasteiger charge is -2.15. The van der Waals surface area contributed by atoms with E-state index in [1.807, 2.05) is 36.4 Å². The smallest absolute Gasteiger partial charge is 0.223 e. The summed E-state index contributed by atoms with van der Waals surface area (Å²) < 4.78 is 10.8. The summed E-state index contributed by atoms with van der Waals surface area (Å²) >= 11 is 0. The lowest BCUT2D eigenvalue weighted by atomic mass is 10.0. The van der Waals surface area contributed by atoms with Crippen LogP contribution in [0.2, 0.25) is 0 Å². The number of aromatic nitrogens is 2. The third-order valence-corrected chi connectivity index (χ3v) is 3.28. The average molecular weight is 284 g/mol. The molecule has 1 heterocycles. The van der Waals surface area contributed by atoms with Gasteiger partial charge in [0.15, 0.2) is 6.61 Å². The minimum atomic E-state index is -0.614. The summed E-state index contributed by atoms with van der Waals surface area (Å²) in [5, 5.41) is 15.8. The first-order valence-electron chi connectivity index (χ1n) is 6.77. The van der Waals surface area contributed by atoms with Crippen LogP contribution >= 0.6 is 0 Å². The van der Waals surface area contributed by atoms with Gasteiger partial charge in [-0.25, -0.2) is 0 Å². The second-order valence-electron chi connectivity index (χ2n) is 4.90. The van der Waals surface area contributed by atoms with Crippen LogP contribution in [0.1, 0.15) is 30.3 Å². The number of aliphatic hydroxyl groups excluding tert-OH is 1. The number of hydrogen-bond acceptors (Lipinski definition) is 5. The fourth-order valence-corrected chi connectivity index (χ4v) is 2.29. The molecule has 3 aromatic rings. The third kappa shape index (κ3) is 2.73. The Morgan fingerprint density at radius 3 is 2.76 bits per heavy atom. The highest BCUT2D eigenvalue weighted by atomic mass is 16.5. The van der Waals surface area contributed by atoms with Crippen LogP contribution in [0.5, 0.6) is 5.75 Å². The molecular formula is C16H16N2O3. The third-order valence-electron chi connectivity index (χ3n) is 3.28. The number of rotatable bonds is 4. The van der Waals surface area contributed by atoms with Crippen molar-refractivity contribution in [1.82, 2.24) is 10.1 Å². The van der Waals surface area contributed by atoms with Gasteiger partial charge in [0.2, 0.25) is 11.7 Å². The lowest BCUT2D eigenvalue weighted by molar-refractivity contribution is 0.190. The number of nitrogens with zero attached hydrogens (tertiary/aromatic N) is 2. The van der Waals surface area contributed by atoms with Gasteiger partial charge >= 0.3 is 0 Å². The summed E-state index contributed by atoms with van der Waals surface area (Å²) in [7, 11) is 0. The second kappa shape index (κ2) is 5.54. The van der Waals surface area contributed by atoms with E-state index in [1.54, 1.807) is 13.8 Å². The van der Waals surface area contributed by atoms with Crippen LogP contribution in [0.15, 0.2) is 40.9 Å². The molecule has 0 fully saturated rings. The summed E-state index contributed by atoms with van der Waals surface area (Å²) in [5.41, 5.74) is 0.744. The molecule has 5 heteroatoms.